The van der Waals surface area contributed by atoms with Crippen molar-refractivity contribution < 1.29 is 203 Å². The van der Waals surface area contributed by atoms with Gasteiger partial charge in [0.05, 0.1) is 33.0 Å². The highest BCUT2D eigenvalue weighted by molar-refractivity contribution is 5.70. The van der Waals surface area contributed by atoms with Crippen LogP contribution in [0, 0.1) is 0 Å². The Morgan fingerprint density at radius 1 is 0.287 bits per heavy atom. The number of aliphatic hydroxyl groups is 10. The molecule has 6 fully saturated rings. The van der Waals surface area contributed by atoms with Gasteiger partial charge in [-0.05, 0) is 25.7 Å². The van der Waals surface area contributed by atoms with Crippen LogP contribution in [0.4, 0.5) is 0 Å². The largest absolute Gasteiger partial charge is 0.463 e. The molecule has 6 aliphatic heterocycles. The molecule has 12 unspecified atom stereocenters. The van der Waals surface area contributed by atoms with Crippen LogP contribution in [0.15, 0.2) is 25.3 Å². The van der Waals surface area contributed by atoms with Gasteiger partial charge in [0.25, 0.3) is 0 Å². The highest BCUT2D eigenvalue weighted by Crippen LogP contribution is 2.40. The molecule has 0 amide bonds. The SMILES string of the molecule is C=CCCCO[C@@H]1OC(CO)[C@@H](O[C@@H]2OC(CO)[C@H](O[C@H]3OC(CO)[C@H](O)[C@H](O)C3O)[C@H](O)C2O)[C@H](O)C1O.C=CCCCO[C@@H]1OC(COC(C)=O)[C@@H](O[C@@H]2OC(COC(C)=O)[C@H](O[C@H]3OC(COC(C)=O)[C@H](OC(C)=O)[C@H](OC(C)=O)C3OC(C)=O)[C@H](OC(C)=O)C2OC(C)=O)[C@H](OC(C)=O)C1OC(C)=O. The second-order valence-electron chi connectivity index (χ2n) is 25.2. The van der Waals surface area contributed by atoms with Crippen LogP contribution in [0.5, 0.6) is 0 Å². The molecule has 616 valence electrons. The number of allylic oxidation sites excluding steroid dienone is 2. The monoisotopic (exact) mass is 1560 g/mol. The van der Waals surface area contributed by atoms with Gasteiger partial charge in [0.15, 0.2) is 80.5 Å². The van der Waals surface area contributed by atoms with Crippen molar-refractivity contribution in [3.63, 3.8) is 0 Å². The number of hydrogen-bond acceptors (Lipinski definition) is 42. The predicted octanol–water partition coefficient (Wildman–Crippen LogP) is -5.46. The number of ether oxygens (including phenoxy) is 22. The average molecular weight is 1570 g/mol. The number of carbonyl (C=O) groups excluding carboxylic acids is 10. The topological polar surface area (TPSA) is 576 Å². The summed E-state index contributed by atoms with van der Waals surface area (Å²) in [5.41, 5.74) is 0. The van der Waals surface area contributed by atoms with E-state index in [1.165, 1.54) is 0 Å². The van der Waals surface area contributed by atoms with E-state index in [9.17, 15) is 99.0 Å². The third-order valence-corrected chi connectivity index (χ3v) is 16.6. The summed E-state index contributed by atoms with van der Waals surface area (Å²) in [6.45, 7) is 13.3. The minimum Gasteiger partial charge on any atom is -0.463 e. The minimum atomic E-state index is -2.00. The lowest BCUT2D eigenvalue weighted by Gasteiger charge is -2.50. The lowest BCUT2D eigenvalue weighted by molar-refractivity contribution is -0.380. The molecule has 0 radical (unpaired) electrons. The first-order valence-corrected chi connectivity index (χ1v) is 34.2. The molecule has 0 aromatic carbocycles. The minimum absolute atomic E-state index is 0.0101. The fourth-order valence-corrected chi connectivity index (χ4v) is 11.9. The van der Waals surface area contributed by atoms with Gasteiger partial charge in [-0.2, -0.15) is 0 Å². The average Bonchev–Trinajstić information content (AvgIpc) is 0.763. The Kier molecular flexibility index (Phi) is 37.8. The van der Waals surface area contributed by atoms with E-state index in [0.29, 0.717) is 25.7 Å². The van der Waals surface area contributed by atoms with E-state index >= 15 is 0 Å². The zero-order chi connectivity index (χ0) is 80.5. The van der Waals surface area contributed by atoms with E-state index in [1.807, 2.05) is 0 Å². The van der Waals surface area contributed by atoms with Gasteiger partial charge in [-0.25, -0.2) is 0 Å². The maximum atomic E-state index is 13.0. The van der Waals surface area contributed by atoms with Crippen LogP contribution in [0.1, 0.15) is 94.9 Å². The summed E-state index contributed by atoms with van der Waals surface area (Å²) in [6, 6.07) is 0. The molecule has 0 spiro atoms. The van der Waals surface area contributed by atoms with Gasteiger partial charge in [-0.1, -0.05) is 12.2 Å². The Hall–Kier alpha value is -6.70. The molecule has 6 rings (SSSR count). The fourth-order valence-electron chi connectivity index (χ4n) is 11.9. The van der Waals surface area contributed by atoms with Crippen LogP contribution in [-0.4, -0.2) is 348 Å². The van der Waals surface area contributed by atoms with Crippen molar-refractivity contribution in [2.45, 2.75) is 279 Å². The summed E-state index contributed by atoms with van der Waals surface area (Å²) < 4.78 is 125. The summed E-state index contributed by atoms with van der Waals surface area (Å²) in [7, 11) is 0. The Morgan fingerprint density at radius 3 is 0.907 bits per heavy atom. The van der Waals surface area contributed by atoms with Gasteiger partial charge < -0.3 is 155 Å². The summed E-state index contributed by atoms with van der Waals surface area (Å²) in [4.78, 5) is 125. The molecule has 6 aliphatic rings. The summed E-state index contributed by atoms with van der Waals surface area (Å²) >= 11 is 0. The molecule has 6 saturated heterocycles. The highest BCUT2D eigenvalue weighted by Gasteiger charge is 2.61. The van der Waals surface area contributed by atoms with Gasteiger partial charge in [-0.3, -0.25) is 47.9 Å². The first kappa shape index (κ1) is 91.9. The Labute approximate surface area is 618 Å². The first-order chi connectivity index (χ1) is 51.0. The number of aliphatic hydroxyl groups excluding tert-OH is 10. The zero-order valence-corrected chi connectivity index (χ0v) is 60.9. The highest BCUT2D eigenvalue weighted by atomic mass is 16.8. The number of hydrogen-bond donors (Lipinski definition) is 10. The molecule has 30 atom stereocenters. The smallest absolute Gasteiger partial charge is 0.303 e. The maximum Gasteiger partial charge on any atom is 0.303 e. The van der Waals surface area contributed by atoms with Crippen LogP contribution < -0.4 is 0 Å². The number of unbranched alkanes of at least 4 members (excludes halogenated alkanes) is 2. The quantitative estimate of drug-likeness (QED) is 0.0124. The van der Waals surface area contributed by atoms with Crippen molar-refractivity contribution in [1.82, 2.24) is 0 Å². The van der Waals surface area contributed by atoms with Crippen molar-refractivity contribution in [1.29, 1.82) is 0 Å². The Morgan fingerprint density at radius 2 is 0.556 bits per heavy atom. The third kappa shape index (κ3) is 26.5. The molecule has 0 aromatic heterocycles. The van der Waals surface area contributed by atoms with E-state index in [0.717, 1.165) is 69.2 Å². The third-order valence-electron chi connectivity index (χ3n) is 16.6. The van der Waals surface area contributed by atoms with Crippen LogP contribution >= 0.6 is 0 Å². The predicted molar refractivity (Wildman–Crippen MR) is 344 cm³/mol. The molecule has 108 heavy (non-hydrogen) atoms. The molecular formula is C66H100O42. The first-order valence-electron chi connectivity index (χ1n) is 34.2. The molecule has 0 saturated carbocycles. The lowest BCUT2D eigenvalue weighted by Crippen LogP contribution is -2.69. The Balaban J connectivity index is 0.000000451. The van der Waals surface area contributed by atoms with E-state index in [1.54, 1.807) is 12.2 Å². The summed E-state index contributed by atoms with van der Waals surface area (Å²) in [5.74, 6) is -9.32. The normalized spacial score (nSPS) is 36.7. The van der Waals surface area contributed by atoms with Gasteiger partial charge in [0, 0.05) is 69.2 Å². The second kappa shape index (κ2) is 44.4. The van der Waals surface area contributed by atoms with E-state index in [2.05, 4.69) is 13.2 Å². The fraction of sp³-hybridized carbons (Fsp3) is 0.788. The van der Waals surface area contributed by atoms with Crippen molar-refractivity contribution in [2.75, 3.05) is 52.9 Å². The van der Waals surface area contributed by atoms with Gasteiger partial charge in [0.2, 0.25) is 0 Å². The number of rotatable bonds is 34. The molecule has 0 bridgehead atoms. The van der Waals surface area contributed by atoms with Crippen LogP contribution in [0.25, 0.3) is 0 Å². The second-order valence-corrected chi connectivity index (χ2v) is 25.2. The van der Waals surface area contributed by atoms with Crippen LogP contribution in [0.3, 0.4) is 0 Å². The van der Waals surface area contributed by atoms with Gasteiger partial charge in [0.1, 0.15) is 124 Å². The van der Waals surface area contributed by atoms with Crippen molar-refractivity contribution in [3.8, 4) is 0 Å². The molecule has 42 nitrogen and oxygen atoms in total. The molecule has 42 heteroatoms. The van der Waals surface area contributed by atoms with Gasteiger partial charge >= 0.3 is 59.7 Å². The number of esters is 10. The standard InChI is InChI=1S/C43H60O26.C23H40O16/c1-12-13-14-15-54-41-38(62-26(9)51)36(60-24(7)49)33(30(65-41)17-56-20(3)45)68-43-40(64-28(11)53)37(61-25(8)50)34(31(67-43)18-57-21(4)46)69-42-39(63-27(10)52)35(59-23(6)48)32(58-22(5)47)29(66-42)16-55-19(2)44;1-2-3-4-5-34-21-17(32)14(29)19(10(7-25)36-21)39-23-18(33)15(30)20(11(8-26)37-23)38-22-16(31)13(28)12(27)9(6-24)35-22/h12,29-43H,1,13-18H2,2-11H3;2,9-33H,1,3-8H2/t29?,30?,31?,32-,33+,34-,35-,36-,37-,38?,39?,40?,41+,42+,43-;9?,10?,11?,12-,13-,14+,15+,16?,17?,18?,19+,20-,21+,22+,23-/m00/s1. The van der Waals surface area contributed by atoms with Crippen molar-refractivity contribution >= 4 is 59.7 Å². The Bertz CT molecular complexity index is 2930. The number of carbonyl (C=O) groups is 10. The summed E-state index contributed by atoms with van der Waals surface area (Å²) in [6.07, 6.45) is -44.6. The molecular weight excluding hydrogens is 1460 g/mol. The molecule has 0 aromatic rings. The van der Waals surface area contributed by atoms with Crippen molar-refractivity contribution in [2.24, 2.45) is 0 Å². The lowest BCUT2D eigenvalue weighted by atomic mass is 9.95. The molecule has 10 N–H and O–H groups in total. The van der Waals surface area contributed by atoms with Gasteiger partial charge in [-0.15, -0.1) is 13.2 Å². The van der Waals surface area contributed by atoms with Crippen LogP contribution in [0.2, 0.25) is 0 Å². The van der Waals surface area contributed by atoms with E-state index < -0.39 is 284 Å². The maximum absolute atomic E-state index is 13.0. The van der Waals surface area contributed by atoms with E-state index in [-0.39, 0.29) is 13.2 Å². The van der Waals surface area contributed by atoms with E-state index in [4.69, 9.17) is 104 Å². The van der Waals surface area contributed by atoms with Crippen LogP contribution in [-0.2, 0) is 152 Å². The zero-order valence-electron chi connectivity index (χ0n) is 60.9. The molecule has 0 aliphatic carbocycles. The summed E-state index contributed by atoms with van der Waals surface area (Å²) in [5, 5.41) is 102. The molecule has 6 heterocycles. The van der Waals surface area contributed by atoms with Crippen molar-refractivity contribution in [3.05, 3.63) is 25.3 Å².